The summed E-state index contributed by atoms with van der Waals surface area (Å²) in [4.78, 5) is 27.7. The molecular formula is C20H19N2NaO3S. The van der Waals surface area contributed by atoms with Gasteiger partial charge in [0.1, 0.15) is 5.01 Å². The van der Waals surface area contributed by atoms with Gasteiger partial charge in [0.2, 0.25) is 0 Å². The molecule has 1 amide bonds. The van der Waals surface area contributed by atoms with Crippen LogP contribution in [0.3, 0.4) is 0 Å². The number of carboxylic acids is 1. The Bertz CT molecular complexity index is 917. The van der Waals surface area contributed by atoms with E-state index in [1.54, 1.807) is 36.4 Å². The van der Waals surface area contributed by atoms with Crippen molar-refractivity contribution >= 4 is 23.2 Å². The van der Waals surface area contributed by atoms with Gasteiger partial charge >= 0.3 is 35.5 Å². The van der Waals surface area contributed by atoms with Crippen molar-refractivity contribution in [2.75, 3.05) is 0 Å². The number of benzene rings is 2. The molecule has 1 aromatic heterocycles. The number of carbonyl (C=O) groups excluding carboxylic acids is 1. The van der Waals surface area contributed by atoms with Gasteiger partial charge in [-0.2, -0.15) is 0 Å². The molecule has 134 valence electrons. The summed E-state index contributed by atoms with van der Waals surface area (Å²) in [6.45, 7) is 1.95. The fourth-order valence-corrected chi connectivity index (χ4v) is 3.39. The number of hydrogen-bond donors (Lipinski definition) is 2. The molecule has 7 heteroatoms. The maximum Gasteiger partial charge on any atom is 1.00 e. The van der Waals surface area contributed by atoms with Crippen molar-refractivity contribution in [3.63, 3.8) is 0 Å². The van der Waals surface area contributed by atoms with Gasteiger partial charge in [-0.1, -0.05) is 30.3 Å². The van der Waals surface area contributed by atoms with Crippen LogP contribution in [0.4, 0.5) is 0 Å². The molecule has 1 heterocycles. The van der Waals surface area contributed by atoms with Crippen molar-refractivity contribution in [3.05, 3.63) is 76.8 Å². The Hall–Kier alpha value is -1.99. The second kappa shape index (κ2) is 9.80. The Morgan fingerprint density at radius 2 is 1.78 bits per heavy atom. The molecule has 0 aliphatic rings. The van der Waals surface area contributed by atoms with Crippen molar-refractivity contribution in [2.45, 2.75) is 19.4 Å². The Labute approximate surface area is 185 Å². The normalized spacial score (nSPS) is 11.3. The third-order valence-corrected chi connectivity index (χ3v) is 4.80. The number of aromatic nitrogens is 1. The number of nitrogens with one attached hydrogen (secondary N) is 1. The Morgan fingerprint density at radius 1 is 1.11 bits per heavy atom. The van der Waals surface area contributed by atoms with Gasteiger partial charge in [-0.25, -0.2) is 9.78 Å². The van der Waals surface area contributed by atoms with Gasteiger partial charge in [-0.3, -0.25) is 4.79 Å². The number of carbonyl (C=O) groups is 2. The molecule has 1 atom stereocenters. The van der Waals surface area contributed by atoms with E-state index in [9.17, 15) is 9.59 Å². The molecule has 0 spiro atoms. The predicted molar refractivity (Wildman–Crippen MR) is 103 cm³/mol. The molecule has 0 bridgehead atoms. The first-order chi connectivity index (χ1) is 12.5. The van der Waals surface area contributed by atoms with E-state index in [0.29, 0.717) is 12.0 Å². The fourth-order valence-electron chi connectivity index (χ4n) is 2.55. The largest absolute Gasteiger partial charge is 1.00 e. The fraction of sp³-hybridized carbons (Fsp3) is 0.150. The van der Waals surface area contributed by atoms with Gasteiger partial charge in [-0.05, 0) is 31.2 Å². The van der Waals surface area contributed by atoms with Gasteiger partial charge in [0.15, 0.2) is 0 Å². The SMILES string of the molecule is CC(Cc1csc(-c2ccc(C(=O)O)cc2)n1)NC(=O)c1ccccc1.[H-].[Na+]. The van der Waals surface area contributed by atoms with E-state index in [1.165, 1.54) is 11.3 Å². The minimum absolute atomic E-state index is 0. The Balaban J connectivity index is 0.00000196. The van der Waals surface area contributed by atoms with Crippen LogP contribution in [0.1, 0.15) is 34.8 Å². The molecule has 1 unspecified atom stereocenters. The quantitative estimate of drug-likeness (QED) is 0.615. The second-order valence-corrected chi connectivity index (χ2v) is 6.83. The first-order valence-electron chi connectivity index (χ1n) is 8.17. The van der Waals surface area contributed by atoms with Crippen molar-refractivity contribution in [1.82, 2.24) is 10.3 Å². The van der Waals surface area contributed by atoms with Crippen LogP contribution in [0, 0.1) is 0 Å². The van der Waals surface area contributed by atoms with Gasteiger partial charge in [0.05, 0.1) is 11.3 Å². The summed E-state index contributed by atoms with van der Waals surface area (Å²) in [6.07, 6.45) is 0.627. The molecule has 27 heavy (non-hydrogen) atoms. The average Bonchev–Trinajstić information content (AvgIpc) is 3.10. The first kappa shape index (κ1) is 21.3. The third-order valence-electron chi connectivity index (χ3n) is 3.86. The summed E-state index contributed by atoms with van der Waals surface area (Å²) in [7, 11) is 0. The summed E-state index contributed by atoms with van der Waals surface area (Å²) in [5.74, 6) is -1.04. The van der Waals surface area contributed by atoms with Crippen LogP contribution < -0.4 is 34.9 Å². The standard InChI is InChI=1S/C20H18N2O3S.Na.H/c1-13(21-18(23)14-5-3-2-4-6-14)11-17-12-26-19(22-17)15-7-9-16(10-8-15)20(24)25;;/h2-10,12-13H,11H2,1H3,(H,21,23)(H,24,25);;/q;+1;-1. The molecule has 2 N–H and O–H groups in total. The van der Waals surface area contributed by atoms with Gasteiger partial charge < -0.3 is 11.8 Å². The van der Waals surface area contributed by atoms with Crippen molar-refractivity contribution < 1.29 is 45.7 Å². The molecule has 0 aliphatic heterocycles. The van der Waals surface area contributed by atoms with Crippen molar-refractivity contribution in [2.24, 2.45) is 0 Å². The van der Waals surface area contributed by atoms with Crippen molar-refractivity contribution in [3.8, 4) is 10.6 Å². The zero-order valence-electron chi connectivity index (χ0n) is 16.2. The van der Waals surface area contributed by atoms with E-state index in [-0.39, 0.29) is 48.5 Å². The molecule has 5 nitrogen and oxygen atoms in total. The predicted octanol–water partition coefficient (Wildman–Crippen LogP) is 0.986. The number of rotatable bonds is 6. The second-order valence-electron chi connectivity index (χ2n) is 5.97. The number of thiazole rings is 1. The Kier molecular flexibility index (Phi) is 7.74. The smallest absolute Gasteiger partial charge is 1.00 e. The average molecular weight is 390 g/mol. The summed E-state index contributed by atoms with van der Waals surface area (Å²) >= 11 is 1.50. The number of nitrogens with zero attached hydrogens (tertiary/aromatic N) is 1. The maximum absolute atomic E-state index is 12.2. The van der Waals surface area contributed by atoms with Crippen molar-refractivity contribution in [1.29, 1.82) is 0 Å². The number of aromatic carboxylic acids is 1. The van der Waals surface area contributed by atoms with E-state index >= 15 is 0 Å². The Morgan fingerprint density at radius 3 is 2.41 bits per heavy atom. The molecule has 0 fully saturated rings. The molecular weight excluding hydrogens is 371 g/mol. The number of hydrogen-bond acceptors (Lipinski definition) is 4. The molecule has 0 saturated carbocycles. The van der Waals surface area contributed by atoms with Gasteiger partial charge in [-0.15, -0.1) is 11.3 Å². The molecule has 2 aromatic carbocycles. The van der Waals surface area contributed by atoms with Crippen LogP contribution in [0.25, 0.3) is 10.6 Å². The molecule has 3 rings (SSSR count). The van der Waals surface area contributed by atoms with E-state index in [1.807, 2.05) is 30.5 Å². The topological polar surface area (TPSA) is 79.3 Å². The zero-order valence-corrected chi connectivity index (χ0v) is 18.0. The summed E-state index contributed by atoms with van der Waals surface area (Å²) in [5.41, 5.74) is 2.67. The van der Waals surface area contributed by atoms with E-state index in [4.69, 9.17) is 5.11 Å². The van der Waals surface area contributed by atoms with Crippen LogP contribution in [0.2, 0.25) is 0 Å². The van der Waals surface area contributed by atoms with E-state index in [2.05, 4.69) is 10.3 Å². The van der Waals surface area contributed by atoms with Gasteiger partial charge in [0.25, 0.3) is 5.91 Å². The minimum Gasteiger partial charge on any atom is -1.00 e. The molecule has 0 saturated heterocycles. The van der Waals surface area contributed by atoms with E-state index in [0.717, 1.165) is 16.3 Å². The van der Waals surface area contributed by atoms with Crippen LogP contribution in [0.5, 0.6) is 0 Å². The monoisotopic (exact) mass is 390 g/mol. The number of amides is 1. The summed E-state index contributed by atoms with van der Waals surface area (Å²) in [6, 6.07) is 15.7. The summed E-state index contributed by atoms with van der Waals surface area (Å²) < 4.78 is 0. The summed E-state index contributed by atoms with van der Waals surface area (Å²) in [5, 5.41) is 14.7. The van der Waals surface area contributed by atoms with E-state index < -0.39 is 5.97 Å². The van der Waals surface area contributed by atoms with Crippen LogP contribution in [-0.2, 0) is 6.42 Å². The van der Waals surface area contributed by atoms with Crippen LogP contribution in [0.15, 0.2) is 60.0 Å². The van der Waals surface area contributed by atoms with Crippen LogP contribution >= 0.6 is 11.3 Å². The molecule has 0 aliphatic carbocycles. The number of carboxylic acid groups (broad SMARTS) is 1. The molecule has 3 aromatic rings. The van der Waals surface area contributed by atoms with Gasteiger partial charge in [0, 0.05) is 29.0 Å². The minimum atomic E-state index is -0.945. The third kappa shape index (κ3) is 5.74. The molecule has 0 radical (unpaired) electrons. The van der Waals surface area contributed by atoms with Crippen LogP contribution in [-0.4, -0.2) is 28.0 Å². The first-order valence-corrected chi connectivity index (χ1v) is 9.05. The zero-order chi connectivity index (χ0) is 18.5. The maximum atomic E-state index is 12.2.